The van der Waals surface area contributed by atoms with E-state index in [0.717, 1.165) is 37.0 Å². The monoisotopic (exact) mass is 570 g/mol. The second-order valence-corrected chi connectivity index (χ2v) is 11.5. The van der Waals surface area contributed by atoms with Gasteiger partial charge < -0.3 is 10.1 Å². The molecule has 0 aliphatic heterocycles. The maximum Gasteiger partial charge on any atom is 0.412 e. The first-order valence-corrected chi connectivity index (χ1v) is 14.3. The summed E-state index contributed by atoms with van der Waals surface area (Å²) in [6, 6.07) is 18.5. The van der Waals surface area contributed by atoms with E-state index in [0.29, 0.717) is 11.4 Å². The Balaban J connectivity index is 1.85. The third-order valence-electron chi connectivity index (χ3n) is 6.90. The van der Waals surface area contributed by atoms with Gasteiger partial charge in [0.25, 0.3) is 5.78 Å². The zero-order valence-electron chi connectivity index (χ0n) is 24.6. The number of benzene rings is 2. The number of hydrogen-bond acceptors (Lipinski definition) is 6. The van der Waals surface area contributed by atoms with Crippen molar-refractivity contribution in [2.24, 2.45) is 0 Å². The van der Waals surface area contributed by atoms with E-state index < -0.39 is 35.3 Å². The fourth-order valence-electron chi connectivity index (χ4n) is 5.02. The topological polar surface area (TPSA) is 118 Å². The molecule has 1 aromatic heterocycles. The van der Waals surface area contributed by atoms with Crippen molar-refractivity contribution in [2.75, 3.05) is 10.2 Å². The van der Waals surface area contributed by atoms with Crippen LogP contribution in [0.3, 0.4) is 0 Å². The van der Waals surface area contributed by atoms with E-state index in [-0.39, 0.29) is 23.0 Å². The molecule has 42 heavy (non-hydrogen) atoms. The van der Waals surface area contributed by atoms with Crippen LogP contribution in [0.25, 0.3) is 0 Å². The molecule has 1 heterocycles. The van der Waals surface area contributed by atoms with Crippen LogP contribution in [0.2, 0.25) is 0 Å². The number of nitrogens with one attached hydrogen (secondary N) is 2. The number of pyridine rings is 1. The highest BCUT2D eigenvalue weighted by molar-refractivity contribution is 6.47. The molecule has 0 spiro atoms. The van der Waals surface area contributed by atoms with Gasteiger partial charge in [0.05, 0.1) is 17.1 Å². The van der Waals surface area contributed by atoms with Crippen molar-refractivity contribution in [3.8, 4) is 0 Å². The Morgan fingerprint density at radius 1 is 0.881 bits per heavy atom. The molecule has 3 amide bonds. The van der Waals surface area contributed by atoms with E-state index in [4.69, 9.17) is 4.74 Å². The quantitative estimate of drug-likeness (QED) is 0.248. The van der Waals surface area contributed by atoms with E-state index in [2.05, 4.69) is 15.6 Å². The lowest BCUT2D eigenvalue weighted by atomic mass is 9.95. The number of nitrogens with zero attached hydrogens (tertiary/aromatic N) is 2. The van der Waals surface area contributed by atoms with Crippen LogP contribution in [0.4, 0.5) is 16.2 Å². The van der Waals surface area contributed by atoms with E-state index in [1.807, 2.05) is 0 Å². The number of anilines is 2. The maximum absolute atomic E-state index is 14.2. The average Bonchev–Trinajstić information content (AvgIpc) is 2.95. The van der Waals surface area contributed by atoms with Crippen LogP contribution < -0.4 is 15.5 Å². The third kappa shape index (κ3) is 7.81. The van der Waals surface area contributed by atoms with Crippen LogP contribution in [0.5, 0.6) is 0 Å². The fourth-order valence-corrected chi connectivity index (χ4v) is 5.02. The predicted octanol–water partition coefficient (Wildman–Crippen LogP) is 6.14. The first-order chi connectivity index (χ1) is 20.0. The minimum atomic E-state index is -1.30. The molecule has 1 fully saturated rings. The molecule has 1 unspecified atom stereocenters. The van der Waals surface area contributed by atoms with Crippen LogP contribution in [-0.4, -0.2) is 40.3 Å². The summed E-state index contributed by atoms with van der Waals surface area (Å²) >= 11 is 0. The third-order valence-corrected chi connectivity index (χ3v) is 6.90. The molecule has 9 heteroatoms. The van der Waals surface area contributed by atoms with Crippen LogP contribution >= 0.6 is 0 Å². The van der Waals surface area contributed by atoms with Crippen molar-refractivity contribution in [3.05, 3.63) is 89.7 Å². The lowest BCUT2D eigenvalue weighted by molar-refractivity contribution is -0.126. The van der Waals surface area contributed by atoms with Gasteiger partial charge in [0, 0.05) is 17.3 Å². The summed E-state index contributed by atoms with van der Waals surface area (Å²) in [5.41, 5.74) is 0.697. The molecule has 1 atom stereocenters. The molecule has 3 aromatic rings. The minimum Gasteiger partial charge on any atom is -0.444 e. The van der Waals surface area contributed by atoms with Crippen LogP contribution in [0, 0.1) is 6.92 Å². The Kier molecular flexibility index (Phi) is 9.72. The van der Waals surface area contributed by atoms with Crippen molar-refractivity contribution >= 4 is 35.1 Å². The summed E-state index contributed by atoms with van der Waals surface area (Å²) in [6.45, 7) is 7.00. The van der Waals surface area contributed by atoms with Gasteiger partial charge in [-0.15, -0.1) is 0 Å². The van der Waals surface area contributed by atoms with Gasteiger partial charge in [0.15, 0.2) is 6.04 Å². The standard InChI is InChI=1S/C33H38N4O5/c1-22-14-13-20-26(34-22)28(30(39)35-24-17-9-6-10-18-24)37(31(40)29(38)23-15-7-5-8-16-23)27-21-12-11-19-25(27)36-32(41)42-33(2,3)4/h5,7-8,11-16,19-21,24,28H,6,9-10,17-18H2,1-4H3,(H,35,39)(H,36,41). The summed E-state index contributed by atoms with van der Waals surface area (Å²) in [4.78, 5) is 60.6. The summed E-state index contributed by atoms with van der Waals surface area (Å²) in [5, 5.41) is 5.82. The lowest BCUT2D eigenvalue weighted by Crippen LogP contribution is -2.49. The van der Waals surface area contributed by atoms with E-state index in [1.54, 1.807) is 100 Å². The van der Waals surface area contributed by atoms with Gasteiger partial charge in [-0.3, -0.25) is 29.6 Å². The van der Waals surface area contributed by atoms with Crippen molar-refractivity contribution in [1.29, 1.82) is 0 Å². The van der Waals surface area contributed by atoms with E-state index in [1.165, 1.54) is 0 Å². The van der Waals surface area contributed by atoms with Crippen molar-refractivity contribution in [1.82, 2.24) is 10.3 Å². The van der Waals surface area contributed by atoms with Gasteiger partial charge in [-0.05, 0) is 64.8 Å². The Bertz CT molecular complexity index is 1430. The highest BCUT2D eigenvalue weighted by Gasteiger charge is 2.39. The summed E-state index contributed by atoms with van der Waals surface area (Å²) in [6.07, 6.45) is 4.01. The van der Waals surface area contributed by atoms with Gasteiger partial charge in [-0.25, -0.2) is 4.79 Å². The number of rotatable bonds is 8. The Morgan fingerprint density at radius 2 is 1.55 bits per heavy atom. The molecular formula is C33H38N4O5. The minimum absolute atomic E-state index is 0.0598. The zero-order chi connectivity index (χ0) is 30.3. The van der Waals surface area contributed by atoms with Gasteiger partial charge >= 0.3 is 12.0 Å². The smallest absolute Gasteiger partial charge is 0.412 e. The molecule has 220 valence electrons. The summed E-state index contributed by atoms with van der Waals surface area (Å²) in [7, 11) is 0. The number of hydrogen-bond donors (Lipinski definition) is 2. The number of Topliss-reactive ketones (excluding diaryl/α,β-unsaturated/α-hetero) is 1. The molecular weight excluding hydrogens is 532 g/mol. The molecule has 0 bridgehead atoms. The van der Waals surface area contributed by atoms with E-state index in [9.17, 15) is 19.2 Å². The molecule has 1 saturated carbocycles. The van der Waals surface area contributed by atoms with Gasteiger partial charge in [0.2, 0.25) is 5.91 Å². The Hall–Kier alpha value is -4.53. The summed E-state index contributed by atoms with van der Waals surface area (Å²) < 4.78 is 5.45. The van der Waals surface area contributed by atoms with E-state index >= 15 is 0 Å². The molecule has 0 saturated heterocycles. The normalized spacial score (nSPS) is 14.4. The van der Waals surface area contributed by atoms with Crippen LogP contribution in [-0.2, 0) is 14.3 Å². The lowest BCUT2D eigenvalue weighted by Gasteiger charge is -2.33. The SMILES string of the molecule is Cc1cccc(C(C(=O)NC2CCCCC2)N(C(=O)C(=O)c2ccccc2)c2ccccc2NC(=O)OC(C)(C)C)n1. The number of aromatic nitrogens is 1. The van der Waals surface area contributed by atoms with Crippen LogP contribution in [0.15, 0.2) is 72.8 Å². The Labute approximate surface area is 246 Å². The highest BCUT2D eigenvalue weighted by atomic mass is 16.6. The second-order valence-electron chi connectivity index (χ2n) is 11.5. The van der Waals surface area contributed by atoms with Crippen molar-refractivity contribution < 1.29 is 23.9 Å². The van der Waals surface area contributed by atoms with Crippen LogP contribution in [0.1, 0.15) is 80.7 Å². The van der Waals surface area contributed by atoms with Gasteiger partial charge in [0.1, 0.15) is 5.60 Å². The maximum atomic E-state index is 14.2. The fraction of sp³-hybridized carbons (Fsp3) is 0.364. The number of aryl methyl sites for hydroxylation is 1. The molecule has 4 rings (SSSR count). The number of ether oxygens (including phenoxy) is 1. The van der Waals surface area contributed by atoms with Crippen molar-refractivity contribution in [3.63, 3.8) is 0 Å². The molecule has 2 aromatic carbocycles. The number of ketones is 1. The summed E-state index contributed by atoms with van der Waals surface area (Å²) in [5.74, 6) is -2.20. The number of amides is 3. The number of para-hydroxylation sites is 2. The molecule has 0 radical (unpaired) electrons. The van der Waals surface area contributed by atoms with Gasteiger partial charge in [-0.1, -0.05) is 67.8 Å². The molecule has 1 aliphatic carbocycles. The zero-order valence-corrected chi connectivity index (χ0v) is 24.6. The number of carbonyl (C=O) groups excluding carboxylic acids is 4. The average molecular weight is 571 g/mol. The largest absolute Gasteiger partial charge is 0.444 e. The van der Waals surface area contributed by atoms with Crippen molar-refractivity contribution in [2.45, 2.75) is 77.5 Å². The second kappa shape index (κ2) is 13.4. The first kappa shape index (κ1) is 30.4. The predicted molar refractivity (Wildman–Crippen MR) is 161 cm³/mol. The molecule has 2 N–H and O–H groups in total. The number of carbonyl (C=O) groups is 4. The highest BCUT2D eigenvalue weighted by Crippen LogP contribution is 2.34. The molecule has 1 aliphatic rings. The molecule has 9 nitrogen and oxygen atoms in total. The first-order valence-electron chi connectivity index (χ1n) is 14.3. The van der Waals surface area contributed by atoms with Gasteiger partial charge in [-0.2, -0.15) is 0 Å². The Morgan fingerprint density at radius 3 is 2.21 bits per heavy atom.